The molecular weight excluding hydrogens is 314 g/mol. The zero-order valence-electron chi connectivity index (χ0n) is 15.7. The van der Waals surface area contributed by atoms with Gasteiger partial charge in [0.25, 0.3) is 0 Å². The molecule has 1 aromatic rings. The maximum Gasteiger partial charge on any atom is 0.236 e. The minimum absolute atomic E-state index is 0.0633. The van der Waals surface area contributed by atoms with E-state index >= 15 is 0 Å². The number of rotatable bonds is 6. The highest BCUT2D eigenvalue weighted by molar-refractivity contribution is 5.78. The lowest BCUT2D eigenvalue weighted by molar-refractivity contribution is -0.134. The predicted octanol–water partition coefficient (Wildman–Crippen LogP) is 1.77. The van der Waals surface area contributed by atoms with Gasteiger partial charge in [-0.05, 0) is 37.6 Å². The van der Waals surface area contributed by atoms with E-state index in [1.165, 1.54) is 0 Å². The van der Waals surface area contributed by atoms with E-state index in [1.54, 1.807) is 12.4 Å². The highest BCUT2D eigenvalue weighted by Crippen LogP contribution is 2.18. The maximum atomic E-state index is 12.6. The molecule has 1 aromatic heterocycles. The van der Waals surface area contributed by atoms with Gasteiger partial charge in [-0.2, -0.15) is 5.26 Å². The Morgan fingerprint density at radius 2 is 1.84 bits per heavy atom. The summed E-state index contributed by atoms with van der Waals surface area (Å²) < 4.78 is 0. The molecule has 0 aliphatic carbocycles. The van der Waals surface area contributed by atoms with Gasteiger partial charge in [-0.1, -0.05) is 13.8 Å². The minimum Gasteiger partial charge on any atom is -0.339 e. The van der Waals surface area contributed by atoms with Crippen LogP contribution >= 0.6 is 0 Å². The maximum absolute atomic E-state index is 12.6. The monoisotopic (exact) mass is 343 g/mol. The van der Waals surface area contributed by atoms with Crippen LogP contribution < -0.4 is 0 Å². The van der Waals surface area contributed by atoms with Crippen LogP contribution in [0.5, 0.6) is 0 Å². The number of likely N-dealkylation sites (N-methyl/N-ethyl adjacent to an activating group) is 1. The van der Waals surface area contributed by atoms with E-state index in [2.05, 4.69) is 41.6 Å². The summed E-state index contributed by atoms with van der Waals surface area (Å²) in [6.45, 7) is 9.57. The first-order valence-corrected chi connectivity index (χ1v) is 8.95. The average Bonchev–Trinajstić information content (AvgIpc) is 2.62. The summed E-state index contributed by atoms with van der Waals surface area (Å²) >= 11 is 0. The molecule has 2 rings (SSSR count). The summed E-state index contributed by atoms with van der Waals surface area (Å²) in [5.74, 6) is 0.459. The van der Waals surface area contributed by atoms with Crippen molar-refractivity contribution in [2.24, 2.45) is 5.92 Å². The predicted molar refractivity (Wildman–Crippen MR) is 97.7 cm³/mol. The molecule has 6 heteroatoms. The Bertz CT molecular complexity index is 590. The summed E-state index contributed by atoms with van der Waals surface area (Å²) in [7, 11) is 1.98. The van der Waals surface area contributed by atoms with Crippen LogP contribution in [0, 0.1) is 17.2 Å². The number of aromatic nitrogens is 1. The van der Waals surface area contributed by atoms with Gasteiger partial charge in [-0.15, -0.1) is 0 Å². The zero-order chi connectivity index (χ0) is 18.4. The van der Waals surface area contributed by atoms with Crippen molar-refractivity contribution in [1.82, 2.24) is 19.7 Å². The molecular formula is C19H29N5O. The van der Waals surface area contributed by atoms with Gasteiger partial charge in [0, 0.05) is 44.6 Å². The molecule has 0 N–H and O–H groups in total. The van der Waals surface area contributed by atoms with Crippen molar-refractivity contribution < 1.29 is 4.79 Å². The second-order valence-electron chi connectivity index (χ2n) is 7.11. The van der Waals surface area contributed by atoms with Crippen molar-refractivity contribution in [2.45, 2.75) is 32.9 Å². The lowest BCUT2D eigenvalue weighted by Gasteiger charge is -2.39. The number of piperazine rings is 1. The van der Waals surface area contributed by atoms with Crippen LogP contribution in [-0.2, 0) is 4.79 Å². The first-order valence-electron chi connectivity index (χ1n) is 8.95. The number of pyridine rings is 1. The van der Waals surface area contributed by atoms with Crippen LogP contribution in [0.3, 0.4) is 0 Å². The van der Waals surface area contributed by atoms with E-state index in [0.717, 1.165) is 18.7 Å². The molecule has 1 fully saturated rings. The van der Waals surface area contributed by atoms with Crippen molar-refractivity contribution in [1.29, 1.82) is 5.26 Å². The fourth-order valence-corrected chi connectivity index (χ4v) is 3.25. The van der Waals surface area contributed by atoms with Crippen molar-refractivity contribution in [3.05, 3.63) is 30.1 Å². The number of nitrogens with zero attached hydrogens (tertiary/aromatic N) is 5. The third-order valence-electron chi connectivity index (χ3n) is 5.06. The molecule has 2 heterocycles. The topological polar surface area (TPSA) is 63.5 Å². The molecule has 0 bridgehead atoms. The van der Waals surface area contributed by atoms with Crippen molar-refractivity contribution >= 4 is 5.91 Å². The molecule has 6 nitrogen and oxygen atoms in total. The van der Waals surface area contributed by atoms with Gasteiger partial charge in [-0.3, -0.25) is 19.6 Å². The highest BCUT2D eigenvalue weighted by Gasteiger charge is 2.28. The molecule has 1 amide bonds. The summed E-state index contributed by atoms with van der Waals surface area (Å²) in [6.07, 6.45) is 3.56. The van der Waals surface area contributed by atoms with E-state index in [9.17, 15) is 10.1 Å². The van der Waals surface area contributed by atoms with Gasteiger partial charge in [0.1, 0.15) is 6.04 Å². The van der Waals surface area contributed by atoms with Crippen LogP contribution in [0.25, 0.3) is 0 Å². The number of nitriles is 1. The molecule has 0 saturated carbocycles. The highest BCUT2D eigenvalue weighted by atomic mass is 16.2. The van der Waals surface area contributed by atoms with Crippen LogP contribution in [0.2, 0.25) is 0 Å². The van der Waals surface area contributed by atoms with Crippen molar-refractivity contribution in [3.63, 3.8) is 0 Å². The summed E-state index contributed by atoms with van der Waals surface area (Å²) in [5, 5.41) is 9.33. The Labute approximate surface area is 151 Å². The summed E-state index contributed by atoms with van der Waals surface area (Å²) in [6, 6.07) is 6.46. The second kappa shape index (κ2) is 8.93. The molecule has 0 radical (unpaired) electrons. The smallest absolute Gasteiger partial charge is 0.236 e. The molecule has 1 saturated heterocycles. The molecule has 0 aromatic carbocycles. The molecule has 1 aliphatic rings. The van der Waals surface area contributed by atoms with Gasteiger partial charge in [-0.25, -0.2) is 0 Å². The molecule has 136 valence electrons. The van der Waals surface area contributed by atoms with E-state index in [4.69, 9.17) is 0 Å². The quantitative estimate of drug-likeness (QED) is 0.788. The third kappa shape index (κ3) is 5.00. The number of amides is 1. The minimum atomic E-state index is -0.0633. The first kappa shape index (κ1) is 19.4. The third-order valence-corrected chi connectivity index (χ3v) is 5.06. The fourth-order valence-electron chi connectivity index (χ4n) is 3.25. The molecule has 1 aliphatic heterocycles. The second-order valence-corrected chi connectivity index (χ2v) is 7.11. The lowest BCUT2D eigenvalue weighted by atomic mass is 10.0. The van der Waals surface area contributed by atoms with Gasteiger partial charge < -0.3 is 4.90 Å². The van der Waals surface area contributed by atoms with Crippen LogP contribution in [0.15, 0.2) is 24.5 Å². The summed E-state index contributed by atoms with van der Waals surface area (Å²) in [4.78, 5) is 22.8. The molecule has 0 unspecified atom stereocenters. The van der Waals surface area contributed by atoms with E-state index in [1.807, 2.05) is 24.1 Å². The average molecular weight is 343 g/mol. The zero-order valence-corrected chi connectivity index (χ0v) is 15.7. The molecule has 2 atom stereocenters. The van der Waals surface area contributed by atoms with Crippen molar-refractivity contribution in [2.75, 3.05) is 39.8 Å². The largest absolute Gasteiger partial charge is 0.339 e. The van der Waals surface area contributed by atoms with Crippen molar-refractivity contribution in [3.8, 4) is 6.07 Å². The standard InChI is InChI=1S/C19H29N5O/c1-15(2)18(13-20)23-9-11-24(12-10-23)19(25)14-22(4)16(3)17-5-7-21-8-6-17/h5-8,15-16,18H,9-12,14H2,1-4H3/t16-,18-/m0/s1. The van der Waals surface area contributed by atoms with Crippen LogP contribution in [0.4, 0.5) is 0 Å². The number of carbonyl (C=O) groups is 1. The number of hydrogen-bond donors (Lipinski definition) is 0. The number of carbonyl (C=O) groups excluding carboxylic acids is 1. The summed E-state index contributed by atoms with van der Waals surface area (Å²) in [5.41, 5.74) is 1.16. The van der Waals surface area contributed by atoms with Crippen LogP contribution in [-0.4, -0.2) is 71.4 Å². The molecule has 25 heavy (non-hydrogen) atoms. The van der Waals surface area contributed by atoms with Gasteiger partial charge in [0.05, 0.1) is 12.6 Å². The van der Waals surface area contributed by atoms with E-state index < -0.39 is 0 Å². The van der Waals surface area contributed by atoms with E-state index in [0.29, 0.717) is 25.6 Å². The first-order chi connectivity index (χ1) is 11.9. The number of hydrogen-bond acceptors (Lipinski definition) is 5. The van der Waals surface area contributed by atoms with Gasteiger partial charge in [0.15, 0.2) is 0 Å². The molecule has 0 spiro atoms. The Hall–Kier alpha value is -1.97. The normalized spacial score (nSPS) is 18.2. The lowest BCUT2D eigenvalue weighted by Crippen LogP contribution is -2.54. The van der Waals surface area contributed by atoms with Crippen LogP contribution in [0.1, 0.15) is 32.4 Å². The Morgan fingerprint density at radius 3 is 2.36 bits per heavy atom. The Morgan fingerprint density at radius 1 is 1.24 bits per heavy atom. The van der Waals surface area contributed by atoms with Gasteiger partial charge in [0.2, 0.25) is 5.91 Å². The Balaban J connectivity index is 1.85. The fraction of sp³-hybridized carbons (Fsp3) is 0.632. The SMILES string of the molecule is CC(C)[C@H](C#N)N1CCN(C(=O)CN(C)[C@@H](C)c2ccncc2)CC1. The Kier molecular flexibility index (Phi) is 6.91. The van der Waals surface area contributed by atoms with E-state index in [-0.39, 0.29) is 18.0 Å². The van der Waals surface area contributed by atoms with Gasteiger partial charge >= 0.3 is 0 Å².